The van der Waals surface area contributed by atoms with Crippen molar-refractivity contribution in [3.05, 3.63) is 0 Å². The van der Waals surface area contributed by atoms with Crippen molar-refractivity contribution >= 4 is 0 Å². The van der Waals surface area contributed by atoms with Gasteiger partial charge in [-0.2, -0.15) is 0 Å². The number of hydrogen-bond donors (Lipinski definition) is 1. The third kappa shape index (κ3) is 4.62. The van der Waals surface area contributed by atoms with E-state index in [-0.39, 0.29) is 0 Å². The molecule has 0 aliphatic heterocycles. The van der Waals surface area contributed by atoms with Gasteiger partial charge in [0.05, 0.1) is 0 Å². The van der Waals surface area contributed by atoms with Crippen LogP contribution in [0.25, 0.3) is 0 Å². The summed E-state index contributed by atoms with van der Waals surface area (Å²) in [4.78, 5) is 0. The summed E-state index contributed by atoms with van der Waals surface area (Å²) in [5.41, 5.74) is 6.50. The first-order chi connectivity index (χ1) is 8.36. The third-order valence-corrected chi connectivity index (χ3v) is 5.09. The second kappa shape index (κ2) is 7.41. The van der Waals surface area contributed by atoms with E-state index in [1.54, 1.807) is 0 Å². The zero-order chi connectivity index (χ0) is 11.9. The molecule has 0 aromatic carbocycles. The first kappa shape index (κ1) is 13.4. The minimum atomic E-state index is 0.510. The highest BCUT2D eigenvalue weighted by Gasteiger charge is 2.23. The quantitative estimate of drug-likeness (QED) is 0.711. The lowest BCUT2D eigenvalue weighted by molar-refractivity contribution is 0.297. The van der Waals surface area contributed by atoms with Crippen LogP contribution in [0.4, 0.5) is 0 Å². The van der Waals surface area contributed by atoms with Crippen molar-refractivity contribution in [2.75, 3.05) is 0 Å². The Balaban J connectivity index is 1.75. The molecule has 0 amide bonds. The van der Waals surface area contributed by atoms with Crippen molar-refractivity contribution in [3.8, 4) is 0 Å². The molecule has 2 saturated carbocycles. The monoisotopic (exact) mass is 237 g/mol. The first-order valence-corrected chi connectivity index (χ1v) is 8.12. The molecule has 2 fully saturated rings. The molecule has 1 atom stereocenters. The molecular formula is C16H31N. The Morgan fingerprint density at radius 1 is 0.706 bits per heavy atom. The molecule has 1 unspecified atom stereocenters. The van der Waals surface area contributed by atoms with Gasteiger partial charge in [-0.3, -0.25) is 0 Å². The maximum absolute atomic E-state index is 6.50. The fraction of sp³-hybridized carbons (Fsp3) is 1.00. The smallest absolute Gasteiger partial charge is 0.00697 e. The zero-order valence-electron chi connectivity index (χ0n) is 11.5. The van der Waals surface area contributed by atoms with Crippen LogP contribution >= 0.6 is 0 Å². The molecule has 0 spiro atoms. The van der Waals surface area contributed by atoms with Crippen LogP contribution in [0.5, 0.6) is 0 Å². The van der Waals surface area contributed by atoms with Crippen LogP contribution in [-0.2, 0) is 0 Å². The summed E-state index contributed by atoms with van der Waals surface area (Å²) in [5.74, 6) is 1.80. The Morgan fingerprint density at radius 2 is 1.18 bits per heavy atom. The van der Waals surface area contributed by atoms with Crippen LogP contribution in [0.15, 0.2) is 0 Å². The minimum absolute atomic E-state index is 0.510. The standard InChI is InChI=1S/C16H31N/c17-16(15-11-7-3-4-8-12-15)13-14-9-5-1-2-6-10-14/h14-16H,1-13,17H2. The molecule has 0 aromatic heterocycles. The molecule has 2 aliphatic carbocycles. The summed E-state index contributed by atoms with van der Waals surface area (Å²) >= 11 is 0. The second-order valence-corrected chi connectivity index (χ2v) is 6.51. The van der Waals surface area contributed by atoms with E-state index < -0.39 is 0 Å². The summed E-state index contributed by atoms with van der Waals surface area (Å²) in [6.45, 7) is 0. The molecule has 0 bridgehead atoms. The summed E-state index contributed by atoms with van der Waals surface area (Å²) < 4.78 is 0. The molecule has 2 aliphatic rings. The highest BCUT2D eigenvalue weighted by Crippen LogP contribution is 2.31. The van der Waals surface area contributed by atoms with Crippen LogP contribution in [0.1, 0.15) is 83.5 Å². The van der Waals surface area contributed by atoms with Gasteiger partial charge in [0.15, 0.2) is 0 Å². The van der Waals surface area contributed by atoms with Crippen molar-refractivity contribution in [3.63, 3.8) is 0 Å². The van der Waals surface area contributed by atoms with E-state index >= 15 is 0 Å². The van der Waals surface area contributed by atoms with Crippen molar-refractivity contribution in [1.29, 1.82) is 0 Å². The highest BCUT2D eigenvalue weighted by molar-refractivity contribution is 4.79. The topological polar surface area (TPSA) is 26.0 Å². The van der Waals surface area contributed by atoms with E-state index in [9.17, 15) is 0 Å². The van der Waals surface area contributed by atoms with Gasteiger partial charge in [0, 0.05) is 6.04 Å². The number of rotatable bonds is 3. The molecule has 1 heteroatoms. The van der Waals surface area contributed by atoms with Crippen molar-refractivity contribution < 1.29 is 0 Å². The fourth-order valence-electron chi connectivity index (χ4n) is 3.92. The zero-order valence-corrected chi connectivity index (χ0v) is 11.5. The first-order valence-electron chi connectivity index (χ1n) is 8.12. The normalized spacial score (nSPS) is 27.4. The van der Waals surface area contributed by atoms with E-state index in [1.165, 1.54) is 83.5 Å². The van der Waals surface area contributed by atoms with Gasteiger partial charge in [0.2, 0.25) is 0 Å². The molecule has 2 N–H and O–H groups in total. The molecule has 100 valence electrons. The van der Waals surface area contributed by atoms with Crippen LogP contribution in [-0.4, -0.2) is 6.04 Å². The molecular weight excluding hydrogens is 206 g/mol. The van der Waals surface area contributed by atoms with Crippen LogP contribution in [0, 0.1) is 11.8 Å². The summed E-state index contributed by atoms with van der Waals surface area (Å²) in [7, 11) is 0. The molecule has 0 aromatic rings. The van der Waals surface area contributed by atoms with Crippen LogP contribution in [0.2, 0.25) is 0 Å². The van der Waals surface area contributed by atoms with E-state index in [0.29, 0.717) is 6.04 Å². The van der Waals surface area contributed by atoms with Gasteiger partial charge in [0.25, 0.3) is 0 Å². The van der Waals surface area contributed by atoms with Crippen LogP contribution < -0.4 is 5.73 Å². The fourth-order valence-corrected chi connectivity index (χ4v) is 3.92. The van der Waals surface area contributed by atoms with E-state index in [4.69, 9.17) is 5.73 Å². The van der Waals surface area contributed by atoms with Gasteiger partial charge in [-0.15, -0.1) is 0 Å². The molecule has 0 heterocycles. The summed E-state index contributed by atoms with van der Waals surface area (Å²) in [5, 5.41) is 0. The van der Waals surface area contributed by atoms with Gasteiger partial charge < -0.3 is 5.73 Å². The lowest BCUT2D eigenvalue weighted by Gasteiger charge is -2.26. The van der Waals surface area contributed by atoms with Gasteiger partial charge in [-0.25, -0.2) is 0 Å². The third-order valence-electron chi connectivity index (χ3n) is 5.09. The lowest BCUT2D eigenvalue weighted by Crippen LogP contribution is -2.32. The van der Waals surface area contributed by atoms with E-state index in [1.807, 2.05) is 0 Å². The predicted molar refractivity (Wildman–Crippen MR) is 75.0 cm³/mol. The SMILES string of the molecule is NC(CC1CCCCCC1)C1CCCCCC1. The number of hydrogen-bond acceptors (Lipinski definition) is 1. The Labute approximate surface area is 108 Å². The van der Waals surface area contributed by atoms with Crippen molar-refractivity contribution in [1.82, 2.24) is 0 Å². The van der Waals surface area contributed by atoms with Gasteiger partial charge in [-0.1, -0.05) is 64.2 Å². The molecule has 0 radical (unpaired) electrons. The van der Waals surface area contributed by atoms with E-state index in [0.717, 1.165) is 11.8 Å². The average Bonchev–Trinajstić information content (AvgIpc) is 2.72. The van der Waals surface area contributed by atoms with Gasteiger partial charge in [-0.05, 0) is 31.1 Å². The Hall–Kier alpha value is -0.0400. The average molecular weight is 237 g/mol. The largest absolute Gasteiger partial charge is 0.327 e. The van der Waals surface area contributed by atoms with E-state index in [2.05, 4.69) is 0 Å². The lowest BCUT2D eigenvalue weighted by atomic mass is 9.84. The maximum atomic E-state index is 6.50. The second-order valence-electron chi connectivity index (χ2n) is 6.51. The van der Waals surface area contributed by atoms with Crippen LogP contribution in [0.3, 0.4) is 0 Å². The molecule has 1 nitrogen and oxygen atoms in total. The van der Waals surface area contributed by atoms with Gasteiger partial charge >= 0.3 is 0 Å². The molecule has 2 rings (SSSR count). The Kier molecular flexibility index (Phi) is 5.84. The maximum Gasteiger partial charge on any atom is 0.00697 e. The Bertz CT molecular complexity index is 186. The number of nitrogens with two attached hydrogens (primary N) is 1. The summed E-state index contributed by atoms with van der Waals surface area (Å²) in [6.07, 6.45) is 18.7. The highest BCUT2D eigenvalue weighted by atomic mass is 14.7. The predicted octanol–water partition coefficient (Wildman–Crippen LogP) is 4.64. The molecule has 17 heavy (non-hydrogen) atoms. The van der Waals surface area contributed by atoms with Crippen molar-refractivity contribution in [2.24, 2.45) is 17.6 Å². The Morgan fingerprint density at radius 3 is 1.71 bits per heavy atom. The molecule has 0 saturated heterocycles. The minimum Gasteiger partial charge on any atom is -0.327 e. The van der Waals surface area contributed by atoms with Gasteiger partial charge in [0.1, 0.15) is 0 Å². The summed E-state index contributed by atoms with van der Waals surface area (Å²) in [6, 6.07) is 0.510. The van der Waals surface area contributed by atoms with Crippen molar-refractivity contribution in [2.45, 2.75) is 89.5 Å².